The molecule has 2 aromatic carbocycles. The van der Waals surface area contributed by atoms with Gasteiger partial charge in [-0.2, -0.15) is 0 Å². The Bertz CT molecular complexity index is 738. The summed E-state index contributed by atoms with van der Waals surface area (Å²) in [5, 5.41) is 0. The third kappa shape index (κ3) is 2.99. The molecule has 3 rings (SSSR count). The number of nitrogens with zero attached hydrogens (tertiary/aromatic N) is 1. The summed E-state index contributed by atoms with van der Waals surface area (Å²) in [5.74, 6) is 1.40. The molecule has 0 amide bonds. The minimum atomic E-state index is 0.581. The Morgan fingerprint density at radius 2 is 1.95 bits per heavy atom. The van der Waals surface area contributed by atoms with Crippen LogP contribution >= 0.6 is 11.3 Å². The van der Waals surface area contributed by atoms with Gasteiger partial charge in [-0.3, -0.25) is 0 Å². The lowest BCUT2D eigenvalue weighted by molar-refractivity contribution is 0.202. The molecule has 0 bridgehead atoms. The molecule has 0 aliphatic heterocycles. The molecule has 0 fully saturated rings. The first-order valence-corrected chi connectivity index (χ1v) is 7.53. The summed E-state index contributed by atoms with van der Waals surface area (Å²) in [4.78, 5) is 4.27. The molecule has 3 aromatic rings. The fourth-order valence-corrected chi connectivity index (χ4v) is 2.79. The maximum Gasteiger partial charge on any atom is 0.152 e. The van der Waals surface area contributed by atoms with Gasteiger partial charge < -0.3 is 15.2 Å². The lowest BCUT2D eigenvalue weighted by atomic mass is 10.1. The third-order valence-corrected chi connectivity index (χ3v) is 4.04. The van der Waals surface area contributed by atoms with E-state index in [1.54, 1.807) is 24.0 Å². The molecule has 4 nitrogen and oxygen atoms in total. The average Bonchev–Trinajstić information content (AvgIpc) is 2.99. The van der Waals surface area contributed by atoms with E-state index in [-0.39, 0.29) is 0 Å². The lowest BCUT2D eigenvalue weighted by Gasteiger charge is -2.09. The van der Waals surface area contributed by atoms with Gasteiger partial charge >= 0.3 is 0 Å². The van der Waals surface area contributed by atoms with Crippen LogP contribution in [0.4, 0.5) is 5.69 Å². The molecule has 0 atom stereocenters. The Morgan fingerprint density at radius 3 is 2.71 bits per heavy atom. The van der Waals surface area contributed by atoms with Gasteiger partial charge in [-0.1, -0.05) is 12.1 Å². The minimum absolute atomic E-state index is 0.581. The van der Waals surface area contributed by atoms with Crippen LogP contribution in [-0.2, 0) is 11.2 Å². The van der Waals surface area contributed by atoms with Crippen molar-refractivity contribution in [2.75, 3.05) is 19.5 Å². The molecule has 0 saturated heterocycles. The van der Waals surface area contributed by atoms with Crippen LogP contribution in [-0.4, -0.2) is 18.7 Å². The van der Waals surface area contributed by atoms with E-state index < -0.39 is 0 Å². The van der Waals surface area contributed by atoms with Gasteiger partial charge in [0, 0.05) is 7.11 Å². The number of thiazole rings is 1. The summed E-state index contributed by atoms with van der Waals surface area (Å²) >= 11 is 1.57. The Kier molecular flexibility index (Phi) is 4.03. The number of nitrogen functional groups attached to an aromatic ring is 1. The van der Waals surface area contributed by atoms with Crippen molar-refractivity contribution in [3.05, 3.63) is 47.5 Å². The summed E-state index contributed by atoms with van der Waals surface area (Å²) in [6, 6.07) is 11.8. The van der Waals surface area contributed by atoms with Crippen molar-refractivity contribution in [2.45, 2.75) is 6.42 Å². The molecule has 0 spiro atoms. The van der Waals surface area contributed by atoms with Gasteiger partial charge in [-0.25, -0.2) is 4.98 Å². The molecule has 2 N–H and O–H groups in total. The molecule has 1 heterocycles. The van der Waals surface area contributed by atoms with E-state index in [0.29, 0.717) is 18.0 Å². The highest BCUT2D eigenvalue weighted by molar-refractivity contribution is 7.16. The van der Waals surface area contributed by atoms with Crippen LogP contribution in [0.2, 0.25) is 0 Å². The number of ether oxygens (including phenoxy) is 2. The third-order valence-electron chi connectivity index (χ3n) is 3.25. The van der Waals surface area contributed by atoms with E-state index >= 15 is 0 Å². The van der Waals surface area contributed by atoms with Gasteiger partial charge in [0.25, 0.3) is 0 Å². The predicted octanol–water partition coefficient (Wildman–Crippen LogP) is 3.86. The first kappa shape index (κ1) is 13.9. The van der Waals surface area contributed by atoms with E-state index in [1.807, 2.05) is 36.4 Å². The smallest absolute Gasteiger partial charge is 0.152 e. The highest BCUT2D eigenvalue weighted by Gasteiger charge is 2.08. The SMILES string of the molecule is COCCc1ccc(Oc2ccc3scnc3c2N)cc1. The second-order valence-corrected chi connectivity index (χ2v) is 5.55. The quantitative estimate of drug-likeness (QED) is 0.727. The standard InChI is InChI=1S/C16H16N2O2S/c1-19-9-8-11-2-4-12(5-3-11)20-13-6-7-14-16(15(13)17)18-10-21-14/h2-7,10H,8-9,17H2,1H3. The molecule has 0 radical (unpaired) electrons. The van der Waals surface area contributed by atoms with Crippen molar-refractivity contribution >= 4 is 27.2 Å². The van der Waals surface area contributed by atoms with Crippen molar-refractivity contribution in [2.24, 2.45) is 0 Å². The number of nitrogens with two attached hydrogens (primary N) is 1. The largest absolute Gasteiger partial charge is 0.455 e. The van der Waals surface area contributed by atoms with E-state index in [9.17, 15) is 0 Å². The summed E-state index contributed by atoms with van der Waals surface area (Å²) in [6.45, 7) is 0.716. The minimum Gasteiger partial charge on any atom is -0.455 e. The topological polar surface area (TPSA) is 57.4 Å². The first-order chi connectivity index (χ1) is 10.3. The van der Waals surface area contributed by atoms with Gasteiger partial charge in [0.1, 0.15) is 17.0 Å². The van der Waals surface area contributed by atoms with Gasteiger partial charge in [-0.15, -0.1) is 11.3 Å². The number of anilines is 1. The van der Waals surface area contributed by atoms with Crippen LogP contribution in [0.25, 0.3) is 10.2 Å². The normalized spacial score (nSPS) is 10.9. The molecule has 0 aliphatic carbocycles. The lowest BCUT2D eigenvalue weighted by Crippen LogP contribution is -1.95. The van der Waals surface area contributed by atoms with E-state index in [2.05, 4.69) is 4.98 Å². The van der Waals surface area contributed by atoms with Crippen molar-refractivity contribution < 1.29 is 9.47 Å². The van der Waals surface area contributed by atoms with Crippen molar-refractivity contribution in [3.63, 3.8) is 0 Å². The van der Waals surface area contributed by atoms with E-state index in [1.165, 1.54) is 5.56 Å². The number of aromatic nitrogens is 1. The fourth-order valence-electron chi connectivity index (χ4n) is 2.09. The second-order valence-electron chi connectivity index (χ2n) is 4.67. The second kappa shape index (κ2) is 6.11. The summed E-state index contributed by atoms with van der Waals surface area (Å²) < 4.78 is 12.0. The molecule has 21 heavy (non-hydrogen) atoms. The van der Waals surface area contributed by atoms with Crippen LogP contribution in [0, 0.1) is 0 Å². The maximum absolute atomic E-state index is 6.11. The van der Waals surface area contributed by atoms with E-state index in [0.717, 1.165) is 22.4 Å². The van der Waals surface area contributed by atoms with Crippen LogP contribution in [0.5, 0.6) is 11.5 Å². The zero-order valence-corrected chi connectivity index (χ0v) is 12.5. The maximum atomic E-state index is 6.11. The van der Waals surface area contributed by atoms with Crippen molar-refractivity contribution in [1.82, 2.24) is 4.98 Å². The van der Waals surface area contributed by atoms with Crippen LogP contribution in [0.3, 0.4) is 0 Å². The number of methoxy groups -OCH3 is 1. The van der Waals surface area contributed by atoms with Crippen molar-refractivity contribution in [1.29, 1.82) is 0 Å². The zero-order valence-electron chi connectivity index (χ0n) is 11.7. The van der Waals surface area contributed by atoms with Gasteiger partial charge in [0.2, 0.25) is 0 Å². The molecule has 1 aromatic heterocycles. The Hall–Kier alpha value is -2.11. The van der Waals surface area contributed by atoms with Gasteiger partial charge in [0.15, 0.2) is 5.75 Å². The number of fused-ring (bicyclic) bond motifs is 1. The van der Waals surface area contributed by atoms with Crippen LogP contribution < -0.4 is 10.5 Å². The Labute approximate surface area is 127 Å². The van der Waals surface area contributed by atoms with Crippen LogP contribution in [0.15, 0.2) is 41.9 Å². The van der Waals surface area contributed by atoms with Gasteiger partial charge in [-0.05, 0) is 36.2 Å². The zero-order chi connectivity index (χ0) is 14.7. The molecule has 0 saturated carbocycles. The first-order valence-electron chi connectivity index (χ1n) is 6.65. The Balaban J connectivity index is 1.79. The number of hydrogen-bond donors (Lipinski definition) is 1. The molecule has 0 unspecified atom stereocenters. The monoisotopic (exact) mass is 300 g/mol. The van der Waals surface area contributed by atoms with Crippen molar-refractivity contribution in [3.8, 4) is 11.5 Å². The van der Waals surface area contributed by atoms with Gasteiger partial charge in [0.05, 0.1) is 16.8 Å². The fraction of sp³-hybridized carbons (Fsp3) is 0.188. The average molecular weight is 300 g/mol. The summed E-state index contributed by atoms with van der Waals surface area (Å²) in [7, 11) is 1.70. The highest BCUT2D eigenvalue weighted by atomic mass is 32.1. The number of rotatable bonds is 5. The van der Waals surface area contributed by atoms with E-state index in [4.69, 9.17) is 15.2 Å². The number of hydrogen-bond acceptors (Lipinski definition) is 5. The number of benzene rings is 2. The Morgan fingerprint density at radius 1 is 1.14 bits per heavy atom. The highest BCUT2D eigenvalue weighted by Crippen LogP contribution is 2.34. The molecular formula is C16H16N2O2S. The summed E-state index contributed by atoms with van der Waals surface area (Å²) in [5.41, 5.74) is 10.5. The molecule has 5 heteroatoms. The predicted molar refractivity (Wildman–Crippen MR) is 86.1 cm³/mol. The summed E-state index contributed by atoms with van der Waals surface area (Å²) in [6.07, 6.45) is 0.893. The molecule has 108 valence electrons. The molecule has 0 aliphatic rings. The molecular weight excluding hydrogens is 284 g/mol. The van der Waals surface area contributed by atoms with Crippen LogP contribution in [0.1, 0.15) is 5.56 Å².